The molecule has 0 aliphatic rings. The van der Waals surface area contributed by atoms with Gasteiger partial charge in [-0.1, -0.05) is 6.07 Å². The van der Waals surface area contributed by atoms with Gasteiger partial charge in [0.25, 0.3) is 0 Å². The number of hydrogen-bond donors (Lipinski definition) is 2. The number of benzene rings is 1. The summed E-state index contributed by atoms with van der Waals surface area (Å²) in [7, 11) is -0.508. The molecule has 0 saturated heterocycles. The maximum Gasteiger partial charge on any atom is 0.240 e. The normalized spacial score (nSPS) is 13.4. The Kier molecular flexibility index (Phi) is 6.57. The average Bonchev–Trinajstić information content (AvgIpc) is 2.43. The zero-order chi connectivity index (χ0) is 15.2. The molecule has 0 heterocycles. The Morgan fingerprint density at radius 1 is 1.35 bits per heavy atom. The topological polar surface area (TPSA) is 90.7 Å². The zero-order valence-electron chi connectivity index (χ0n) is 12.0. The lowest BCUT2D eigenvalue weighted by Gasteiger charge is -2.15. The molecule has 0 amide bonds. The van der Waals surface area contributed by atoms with E-state index in [0.29, 0.717) is 13.2 Å². The average molecular weight is 302 g/mol. The van der Waals surface area contributed by atoms with E-state index in [1.807, 2.05) is 6.92 Å². The van der Waals surface area contributed by atoms with Gasteiger partial charge in [-0.3, -0.25) is 0 Å². The number of aryl methyl sites for hydroxylation is 1. The number of nitrogens with one attached hydrogen (secondary N) is 1. The first kappa shape index (κ1) is 17.1. The van der Waals surface area contributed by atoms with Gasteiger partial charge in [-0.2, -0.15) is 0 Å². The van der Waals surface area contributed by atoms with Gasteiger partial charge in [0.1, 0.15) is 0 Å². The highest BCUT2D eigenvalue weighted by molar-refractivity contribution is 7.89. The zero-order valence-corrected chi connectivity index (χ0v) is 12.9. The van der Waals surface area contributed by atoms with E-state index in [9.17, 15) is 8.42 Å². The maximum absolute atomic E-state index is 12.2. The number of ether oxygens (including phenoxy) is 2. The van der Waals surface area contributed by atoms with Crippen LogP contribution in [0, 0.1) is 6.92 Å². The first-order valence-electron chi connectivity index (χ1n) is 6.25. The van der Waals surface area contributed by atoms with Gasteiger partial charge < -0.3 is 15.2 Å². The minimum absolute atomic E-state index is 0.157. The molecule has 114 valence electrons. The van der Waals surface area contributed by atoms with Crippen LogP contribution in [-0.4, -0.2) is 41.9 Å². The van der Waals surface area contributed by atoms with Crippen molar-refractivity contribution >= 4 is 10.0 Å². The SMILES string of the molecule is COCC(CNS(=O)(=O)c1ccc(CN)c(C)c1)OC. The molecular weight excluding hydrogens is 280 g/mol. The fourth-order valence-electron chi connectivity index (χ4n) is 1.75. The van der Waals surface area contributed by atoms with Crippen molar-refractivity contribution in [3.8, 4) is 0 Å². The summed E-state index contributed by atoms with van der Waals surface area (Å²) in [5, 5.41) is 0. The van der Waals surface area contributed by atoms with Gasteiger partial charge in [-0.25, -0.2) is 13.1 Å². The molecule has 20 heavy (non-hydrogen) atoms. The van der Waals surface area contributed by atoms with Crippen molar-refractivity contribution in [1.29, 1.82) is 0 Å². The number of rotatable bonds is 8. The van der Waals surface area contributed by atoms with E-state index in [2.05, 4.69) is 4.72 Å². The van der Waals surface area contributed by atoms with Gasteiger partial charge in [-0.05, 0) is 30.2 Å². The van der Waals surface area contributed by atoms with Crippen LogP contribution in [0.3, 0.4) is 0 Å². The summed E-state index contributed by atoms with van der Waals surface area (Å²) in [6, 6.07) is 4.89. The van der Waals surface area contributed by atoms with Crippen LogP contribution in [0.15, 0.2) is 23.1 Å². The van der Waals surface area contributed by atoms with Gasteiger partial charge in [0.05, 0.1) is 17.6 Å². The van der Waals surface area contributed by atoms with Crippen molar-refractivity contribution in [3.05, 3.63) is 29.3 Å². The summed E-state index contributed by atoms with van der Waals surface area (Å²) in [6.45, 7) is 2.71. The molecule has 1 rings (SSSR count). The van der Waals surface area contributed by atoms with Gasteiger partial charge >= 0.3 is 0 Å². The highest BCUT2D eigenvalue weighted by Gasteiger charge is 2.17. The van der Waals surface area contributed by atoms with Crippen molar-refractivity contribution < 1.29 is 17.9 Å². The van der Waals surface area contributed by atoms with Crippen LogP contribution in [0.5, 0.6) is 0 Å². The van der Waals surface area contributed by atoms with Crippen LogP contribution in [0.1, 0.15) is 11.1 Å². The van der Waals surface area contributed by atoms with Crippen LogP contribution in [0.4, 0.5) is 0 Å². The smallest absolute Gasteiger partial charge is 0.240 e. The summed E-state index contributed by atoms with van der Waals surface area (Å²) in [6.07, 6.45) is -0.320. The third-order valence-corrected chi connectivity index (χ3v) is 4.45. The van der Waals surface area contributed by atoms with Crippen molar-refractivity contribution in [2.24, 2.45) is 5.73 Å². The molecule has 0 spiro atoms. The Hall–Kier alpha value is -0.990. The molecule has 3 N–H and O–H groups in total. The molecule has 1 atom stereocenters. The molecular formula is C13H22N2O4S. The maximum atomic E-state index is 12.2. The van der Waals surface area contributed by atoms with Gasteiger partial charge in [0, 0.05) is 27.3 Å². The summed E-state index contributed by atoms with van der Waals surface area (Å²) < 4.78 is 36.9. The molecule has 0 saturated carbocycles. The lowest BCUT2D eigenvalue weighted by atomic mass is 10.1. The summed E-state index contributed by atoms with van der Waals surface area (Å²) in [5.74, 6) is 0. The molecule has 0 aliphatic heterocycles. The predicted molar refractivity (Wildman–Crippen MR) is 76.9 cm³/mol. The molecule has 1 unspecified atom stereocenters. The molecule has 0 radical (unpaired) electrons. The Labute approximate surface area is 120 Å². The second kappa shape index (κ2) is 7.70. The lowest BCUT2D eigenvalue weighted by molar-refractivity contribution is 0.0320. The van der Waals surface area contributed by atoms with Gasteiger partial charge in [-0.15, -0.1) is 0 Å². The molecule has 0 aromatic heterocycles. The van der Waals surface area contributed by atoms with Crippen molar-refractivity contribution in [2.45, 2.75) is 24.5 Å². The molecule has 1 aromatic rings. The summed E-state index contributed by atoms with van der Waals surface area (Å²) in [4.78, 5) is 0.222. The highest BCUT2D eigenvalue weighted by Crippen LogP contribution is 2.15. The van der Waals surface area contributed by atoms with E-state index >= 15 is 0 Å². The molecule has 1 aromatic carbocycles. The van der Waals surface area contributed by atoms with Crippen LogP contribution < -0.4 is 10.5 Å². The Morgan fingerprint density at radius 2 is 2.05 bits per heavy atom. The molecule has 0 fully saturated rings. The third kappa shape index (κ3) is 4.53. The molecule has 6 nitrogen and oxygen atoms in total. The lowest BCUT2D eigenvalue weighted by Crippen LogP contribution is -2.35. The summed E-state index contributed by atoms with van der Waals surface area (Å²) in [5.41, 5.74) is 7.35. The van der Waals surface area contributed by atoms with E-state index in [1.54, 1.807) is 18.2 Å². The van der Waals surface area contributed by atoms with E-state index in [4.69, 9.17) is 15.2 Å². The fraction of sp³-hybridized carbons (Fsp3) is 0.538. The van der Waals surface area contributed by atoms with E-state index in [0.717, 1.165) is 11.1 Å². The second-order valence-corrected chi connectivity index (χ2v) is 6.22. The summed E-state index contributed by atoms with van der Waals surface area (Å²) >= 11 is 0. The van der Waals surface area contributed by atoms with Crippen molar-refractivity contribution in [2.75, 3.05) is 27.4 Å². The van der Waals surface area contributed by atoms with Crippen molar-refractivity contribution in [3.63, 3.8) is 0 Å². The Balaban J connectivity index is 2.81. The fourth-order valence-corrected chi connectivity index (χ4v) is 2.90. The first-order valence-corrected chi connectivity index (χ1v) is 7.74. The van der Waals surface area contributed by atoms with Crippen molar-refractivity contribution in [1.82, 2.24) is 4.72 Å². The standard InChI is InChI=1S/C13H22N2O4S/c1-10-6-13(5-4-11(10)7-14)20(16,17)15-8-12(19-3)9-18-2/h4-6,12,15H,7-9,14H2,1-3H3. The molecule has 0 aliphatic carbocycles. The minimum atomic E-state index is -3.56. The number of methoxy groups -OCH3 is 2. The monoisotopic (exact) mass is 302 g/mol. The minimum Gasteiger partial charge on any atom is -0.382 e. The van der Waals surface area contributed by atoms with Gasteiger partial charge in [0.2, 0.25) is 10.0 Å². The predicted octanol–water partition coefficient (Wildman–Crippen LogP) is 0.393. The van der Waals surface area contributed by atoms with E-state index in [1.165, 1.54) is 14.2 Å². The number of hydrogen-bond acceptors (Lipinski definition) is 5. The largest absolute Gasteiger partial charge is 0.382 e. The molecule has 0 bridgehead atoms. The van der Waals surface area contributed by atoms with Crippen LogP contribution in [-0.2, 0) is 26.0 Å². The Bertz CT molecular complexity index is 531. The first-order chi connectivity index (χ1) is 9.44. The van der Waals surface area contributed by atoms with Gasteiger partial charge in [0.15, 0.2) is 0 Å². The number of sulfonamides is 1. The van der Waals surface area contributed by atoms with E-state index in [-0.39, 0.29) is 17.5 Å². The van der Waals surface area contributed by atoms with E-state index < -0.39 is 10.0 Å². The third-order valence-electron chi connectivity index (χ3n) is 3.03. The highest BCUT2D eigenvalue weighted by atomic mass is 32.2. The van der Waals surface area contributed by atoms with Crippen LogP contribution in [0.2, 0.25) is 0 Å². The number of nitrogens with two attached hydrogens (primary N) is 1. The Morgan fingerprint density at radius 3 is 2.55 bits per heavy atom. The van der Waals surface area contributed by atoms with Crippen LogP contribution in [0.25, 0.3) is 0 Å². The molecule has 7 heteroatoms. The van der Waals surface area contributed by atoms with Crippen LogP contribution >= 0.6 is 0 Å². The quantitative estimate of drug-likeness (QED) is 0.725. The second-order valence-electron chi connectivity index (χ2n) is 4.46.